The van der Waals surface area contributed by atoms with Gasteiger partial charge in [0.1, 0.15) is 0 Å². The standard InChI is InChI=1S/C8H13F6NO/c1-4(2)5(15-3)6(16,7(9,10)11)8(12,13)14/h4-5,15-16H,1-3H3. The molecule has 0 fully saturated rings. The third kappa shape index (κ3) is 2.42. The van der Waals surface area contributed by atoms with Crippen molar-refractivity contribution in [3.05, 3.63) is 0 Å². The van der Waals surface area contributed by atoms with Gasteiger partial charge < -0.3 is 10.4 Å². The molecule has 0 aromatic heterocycles. The van der Waals surface area contributed by atoms with E-state index in [9.17, 15) is 26.3 Å². The minimum absolute atomic E-state index is 0.938. The molecule has 1 atom stereocenters. The second kappa shape index (κ2) is 4.40. The summed E-state index contributed by atoms with van der Waals surface area (Å²) in [6.45, 7) is 2.31. The molecule has 0 saturated carbocycles. The van der Waals surface area contributed by atoms with Gasteiger partial charge in [0.2, 0.25) is 0 Å². The summed E-state index contributed by atoms with van der Waals surface area (Å²) in [4.78, 5) is 0. The highest BCUT2D eigenvalue weighted by Crippen LogP contribution is 2.46. The average molecular weight is 253 g/mol. The van der Waals surface area contributed by atoms with Crippen LogP contribution in [-0.4, -0.2) is 36.1 Å². The second-order valence-electron chi connectivity index (χ2n) is 3.77. The number of likely N-dealkylation sites (N-methyl/N-ethyl adjacent to an activating group) is 1. The zero-order chi connectivity index (χ0) is 13.4. The van der Waals surface area contributed by atoms with Crippen LogP contribution in [0.15, 0.2) is 0 Å². The van der Waals surface area contributed by atoms with Crippen molar-refractivity contribution in [3.63, 3.8) is 0 Å². The van der Waals surface area contributed by atoms with Crippen molar-refractivity contribution in [3.8, 4) is 0 Å². The Morgan fingerprint density at radius 3 is 1.31 bits per heavy atom. The summed E-state index contributed by atoms with van der Waals surface area (Å²) in [6, 6.07) is -2.16. The van der Waals surface area contributed by atoms with E-state index >= 15 is 0 Å². The molecule has 0 aromatic rings. The van der Waals surface area contributed by atoms with Crippen molar-refractivity contribution >= 4 is 0 Å². The molecular weight excluding hydrogens is 240 g/mol. The summed E-state index contributed by atoms with van der Waals surface area (Å²) < 4.78 is 74.3. The molecule has 8 heteroatoms. The Balaban J connectivity index is 5.58. The topological polar surface area (TPSA) is 32.3 Å². The van der Waals surface area contributed by atoms with E-state index in [1.165, 1.54) is 0 Å². The molecule has 0 bridgehead atoms. The van der Waals surface area contributed by atoms with E-state index in [-0.39, 0.29) is 0 Å². The van der Waals surface area contributed by atoms with Crippen LogP contribution in [0.5, 0.6) is 0 Å². The number of hydrogen-bond acceptors (Lipinski definition) is 2. The van der Waals surface area contributed by atoms with Crippen LogP contribution in [0, 0.1) is 5.92 Å². The quantitative estimate of drug-likeness (QED) is 0.755. The number of hydrogen-bond donors (Lipinski definition) is 2. The lowest BCUT2D eigenvalue weighted by Crippen LogP contribution is -2.69. The van der Waals surface area contributed by atoms with E-state index in [0.29, 0.717) is 0 Å². The van der Waals surface area contributed by atoms with Crippen molar-refractivity contribution in [2.45, 2.75) is 37.8 Å². The van der Waals surface area contributed by atoms with Crippen molar-refractivity contribution in [2.24, 2.45) is 5.92 Å². The molecule has 16 heavy (non-hydrogen) atoms. The third-order valence-corrected chi connectivity index (χ3v) is 2.29. The fourth-order valence-electron chi connectivity index (χ4n) is 1.54. The molecule has 2 nitrogen and oxygen atoms in total. The number of aliphatic hydroxyl groups is 1. The molecule has 0 rings (SSSR count). The van der Waals surface area contributed by atoms with Crippen molar-refractivity contribution in [1.82, 2.24) is 5.32 Å². The van der Waals surface area contributed by atoms with Gasteiger partial charge in [0, 0.05) is 0 Å². The Bertz CT molecular complexity index is 220. The average Bonchev–Trinajstić information content (AvgIpc) is 1.99. The molecule has 0 aliphatic heterocycles. The van der Waals surface area contributed by atoms with Gasteiger partial charge in [0.15, 0.2) is 0 Å². The first-order chi connectivity index (χ1) is 6.89. The Morgan fingerprint density at radius 2 is 1.25 bits per heavy atom. The first kappa shape index (κ1) is 15.5. The zero-order valence-electron chi connectivity index (χ0n) is 8.87. The first-order valence-electron chi connectivity index (χ1n) is 4.42. The summed E-state index contributed by atoms with van der Waals surface area (Å²) >= 11 is 0. The SMILES string of the molecule is CNC(C(C)C)C(O)(C(F)(F)F)C(F)(F)F. The summed E-state index contributed by atoms with van der Waals surface area (Å²) in [7, 11) is 0.938. The Kier molecular flexibility index (Phi) is 4.26. The smallest absolute Gasteiger partial charge is 0.372 e. The lowest BCUT2D eigenvalue weighted by atomic mass is 9.85. The van der Waals surface area contributed by atoms with Gasteiger partial charge in [-0.2, -0.15) is 26.3 Å². The molecule has 98 valence electrons. The molecular formula is C8H13F6NO. The largest absolute Gasteiger partial charge is 0.427 e. The van der Waals surface area contributed by atoms with Gasteiger partial charge in [-0.25, -0.2) is 0 Å². The van der Waals surface area contributed by atoms with E-state index < -0.39 is 29.9 Å². The summed E-state index contributed by atoms with van der Waals surface area (Å²) in [5, 5.41) is 10.9. The maximum Gasteiger partial charge on any atom is 0.427 e. The highest BCUT2D eigenvalue weighted by molar-refractivity contribution is 5.03. The molecule has 0 spiro atoms. The van der Waals surface area contributed by atoms with E-state index in [2.05, 4.69) is 0 Å². The van der Waals surface area contributed by atoms with Crippen LogP contribution in [0.4, 0.5) is 26.3 Å². The number of alkyl halides is 6. The maximum atomic E-state index is 12.4. The van der Waals surface area contributed by atoms with Gasteiger partial charge in [-0.15, -0.1) is 0 Å². The fraction of sp³-hybridized carbons (Fsp3) is 1.00. The van der Waals surface area contributed by atoms with E-state index in [1.54, 1.807) is 0 Å². The van der Waals surface area contributed by atoms with Gasteiger partial charge in [-0.1, -0.05) is 13.8 Å². The third-order valence-electron chi connectivity index (χ3n) is 2.29. The van der Waals surface area contributed by atoms with E-state index in [0.717, 1.165) is 20.9 Å². The molecule has 0 heterocycles. The van der Waals surface area contributed by atoms with Crippen LogP contribution in [0.25, 0.3) is 0 Å². The van der Waals surface area contributed by atoms with E-state index in [4.69, 9.17) is 5.11 Å². The van der Waals surface area contributed by atoms with Gasteiger partial charge in [-0.05, 0) is 13.0 Å². The predicted octanol–water partition coefficient (Wildman–Crippen LogP) is 2.09. The summed E-state index contributed by atoms with van der Waals surface area (Å²) in [5.41, 5.74) is -4.75. The van der Waals surface area contributed by atoms with E-state index in [1.807, 2.05) is 5.32 Å². The lowest BCUT2D eigenvalue weighted by molar-refractivity contribution is -0.379. The second-order valence-corrected chi connectivity index (χ2v) is 3.77. The number of nitrogens with one attached hydrogen (secondary N) is 1. The molecule has 0 amide bonds. The van der Waals surface area contributed by atoms with Crippen molar-refractivity contribution < 1.29 is 31.4 Å². The van der Waals surface area contributed by atoms with Gasteiger partial charge in [0.25, 0.3) is 5.60 Å². The van der Waals surface area contributed by atoms with Crippen LogP contribution >= 0.6 is 0 Å². The Morgan fingerprint density at radius 1 is 0.938 bits per heavy atom. The predicted molar refractivity (Wildman–Crippen MR) is 44.7 cm³/mol. The molecule has 0 saturated heterocycles. The minimum Gasteiger partial charge on any atom is -0.372 e. The first-order valence-corrected chi connectivity index (χ1v) is 4.42. The Hall–Kier alpha value is -0.500. The molecule has 0 aliphatic rings. The number of rotatable bonds is 3. The summed E-state index contributed by atoms with van der Waals surface area (Å²) in [6.07, 6.45) is -11.6. The molecule has 0 radical (unpaired) electrons. The van der Waals surface area contributed by atoms with Crippen LogP contribution in [0.1, 0.15) is 13.8 Å². The Labute approximate surface area is 88.6 Å². The van der Waals surface area contributed by atoms with Crippen molar-refractivity contribution in [1.29, 1.82) is 0 Å². The minimum atomic E-state index is -5.79. The van der Waals surface area contributed by atoms with Crippen LogP contribution < -0.4 is 5.32 Å². The zero-order valence-corrected chi connectivity index (χ0v) is 8.87. The maximum absolute atomic E-state index is 12.4. The lowest BCUT2D eigenvalue weighted by Gasteiger charge is -2.40. The summed E-state index contributed by atoms with van der Waals surface area (Å²) in [5.74, 6) is -1.04. The molecule has 2 N–H and O–H groups in total. The van der Waals surface area contributed by atoms with Crippen LogP contribution in [-0.2, 0) is 0 Å². The van der Waals surface area contributed by atoms with Gasteiger partial charge in [-0.3, -0.25) is 0 Å². The van der Waals surface area contributed by atoms with Gasteiger partial charge in [0.05, 0.1) is 6.04 Å². The van der Waals surface area contributed by atoms with Crippen LogP contribution in [0.2, 0.25) is 0 Å². The molecule has 0 aliphatic carbocycles. The monoisotopic (exact) mass is 253 g/mol. The number of halogens is 6. The fourth-order valence-corrected chi connectivity index (χ4v) is 1.54. The van der Waals surface area contributed by atoms with Crippen molar-refractivity contribution in [2.75, 3.05) is 7.05 Å². The normalized spacial score (nSPS) is 16.7. The highest BCUT2D eigenvalue weighted by Gasteiger charge is 2.74. The van der Waals surface area contributed by atoms with Crippen LogP contribution in [0.3, 0.4) is 0 Å². The highest BCUT2D eigenvalue weighted by atomic mass is 19.4. The molecule has 1 unspecified atom stereocenters. The molecule has 0 aromatic carbocycles. The van der Waals surface area contributed by atoms with Gasteiger partial charge >= 0.3 is 12.4 Å².